The van der Waals surface area contributed by atoms with Gasteiger partial charge in [-0.05, 0) is 62.7 Å². The zero-order valence-corrected chi connectivity index (χ0v) is 18.6. The standard InChI is InChI=1S/C23H23ClN2O3S/c1-4-26(18-8-6-5-7-9-18)30(28,29)19-11-12-21(24)20(15-19)23(27)25-22-13-10-16(2)14-17(22)3/h5-15H,4H2,1-3H3,(H,25,27). The maximum atomic E-state index is 13.3. The highest BCUT2D eigenvalue weighted by Gasteiger charge is 2.25. The molecule has 0 saturated heterocycles. The summed E-state index contributed by atoms with van der Waals surface area (Å²) in [6, 6.07) is 18.7. The molecule has 156 valence electrons. The predicted octanol–water partition coefficient (Wildman–Crippen LogP) is 5.42. The van der Waals surface area contributed by atoms with Crippen LogP contribution in [0.15, 0.2) is 71.6 Å². The van der Waals surface area contributed by atoms with E-state index in [4.69, 9.17) is 11.6 Å². The Labute approximate surface area is 182 Å². The Kier molecular flexibility index (Phi) is 6.48. The first-order chi connectivity index (χ1) is 14.2. The van der Waals surface area contributed by atoms with Gasteiger partial charge >= 0.3 is 0 Å². The van der Waals surface area contributed by atoms with Crippen molar-refractivity contribution in [3.63, 3.8) is 0 Å². The van der Waals surface area contributed by atoms with Crippen LogP contribution in [-0.4, -0.2) is 20.9 Å². The normalized spacial score (nSPS) is 11.2. The van der Waals surface area contributed by atoms with E-state index < -0.39 is 15.9 Å². The molecule has 7 heteroatoms. The Bertz CT molecular complexity index is 1180. The fourth-order valence-electron chi connectivity index (χ4n) is 3.20. The van der Waals surface area contributed by atoms with Crippen LogP contribution in [0, 0.1) is 13.8 Å². The molecule has 0 spiro atoms. The molecule has 0 bridgehead atoms. The van der Waals surface area contributed by atoms with E-state index in [1.54, 1.807) is 31.2 Å². The van der Waals surface area contributed by atoms with Crippen LogP contribution >= 0.6 is 11.6 Å². The third kappa shape index (κ3) is 4.50. The second-order valence-electron chi connectivity index (χ2n) is 6.92. The second-order valence-corrected chi connectivity index (χ2v) is 9.19. The molecule has 0 aliphatic carbocycles. The van der Waals surface area contributed by atoms with Gasteiger partial charge in [0.1, 0.15) is 0 Å². The van der Waals surface area contributed by atoms with Gasteiger partial charge in [0.2, 0.25) is 0 Å². The molecular formula is C23H23ClN2O3S. The van der Waals surface area contributed by atoms with Crippen molar-refractivity contribution in [3.8, 4) is 0 Å². The summed E-state index contributed by atoms with van der Waals surface area (Å²) in [7, 11) is -3.87. The zero-order valence-electron chi connectivity index (χ0n) is 17.0. The summed E-state index contributed by atoms with van der Waals surface area (Å²) in [6.45, 7) is 5.87. The topological polar surface area (TPSA) is 66.5 Å². The fourth-order valence-corrected chi connectivity index (χ4v) is 4.90. The van der Waals surface area contributed by atoms with Gasteiger partial charge in [0.15, 0.2) is 0 Å². The Morgan fingerprint density at radius 3 is 2.33 bits per heavy atom. The van der Waals surface area contributed by atoms with Crippen molar-refractivity contribution in [2.45, 2.75) is 25.7 Å². The molecule has 0 saturated carbocycles. The summed E-state index contributed by atoms with van der Waals surface area (Å²) in [4.78, 5) is 12.9. The summed E-state index contributed by atoms with van der Waals surface area (Å²) in [5.74, 6) is -0.466. The SMILES string of the molecule is CCN(c1ccccc1)S(=O)(=O)c1ccc(Cl)c(C(=O)Nc2ccc(C)cc2C)c1. The van der Waals surface area contributed by atoms with Gasteiger partial charge in [0.25, 0.3) is 15.9 Å². The number of halogens is 1. The van der Waals surface area contributed by atoms with E-state index in [2.05, 4.69) is 5.32 Å². The van der Waals surface area contributed by atoms with Crippen LogP contribution in [0.25, 0.3) is 0 Å². The molecule has 30 heavy (non-hydrogen) atoms. The Morgan fingerprint density at radius 2 is 1.70 bits per heavy atom. The molecule has 0 fully saturated rings. The molecule has 0 aliphatic heterocycles. The number of sulfonamides is 1. The molecule has 0 aliphatic rings. The molecule has 0 aromatic heterocycles. The third-order valence-corrected chi connectivity index (χ3v) is 6.96. The number of rotatable bonds is 6. The highest BCUT2D eigenvalue weighted by atomic mass is 35.5. The lowest BCUT2D eigenvalue weighted by atomic mass is 10.1. The number of aryl methyl sites for hydroxylation is 2. The molecule has 0 heterocycles. The molecule has 3 aromatic carbocycles. The van der Waals surface area contributed by atoms with E-state index >= 15 is 0 Å². The van der Waals surface area contributed by atoms with Crippen LogP contribution in [0.3, 0.4) is 0 Å². The van der Waals surface area contributed by atoms with Crippen LogP contribution < -0.4 is 9.62 Å². The molecule has 0 radical (unpaired) electrons. The Hall–Kier alpha value is -2.83. The van der Waals surface area contributed by atoms with E-state index in [1.165, 1.54) is 22.5 Å². The van der Waals surface area contributed by atoms with Crippen molar-refractivity contribution in [1.29, 1.82) is 0 Å². The van der Waals surface area contributed by atoms with Crippen LogP contribution in [-0.2, 0) is 10.0 Å². The molecule has 3 aromatic rings. The second kappa shape index (κ2) is 8.90. The molecule has 0 atom stereocenters. The Morgan fingerprint density at radius 1 is 1.00 bits per heavy atom. The van der Waals surface area contributed by atoms with Gasteiger partial charge in [0.05, 0.1) is 21.2 Å². The van der Waals surface area contributed by atoms with Gasteiger partial charge in [0, 0.05) is 12.2 Å². The zero-order chi connectivity index (χ0) is 21.9. The highest BCUT2D eigenvalue weighted by molar-refractivity contribution is 7.92. The molecule has 0 unspecified atom stereocenters. The number of benzene rings is 3. The van der Waals surface area contributed by atoms with Gasteiger partial charge in [-0.25, -0.2) is 8.42 Å². The van der Waals surface area contributed by atoms with Crippen molar-refractivity contribution >= 4 is 38.9 Å². The first kappa shape index (κ1) is 21.9. The average molecular weight is 443 g/mol. The molecule has 1 amide bonds. The van der Waals surface area contributed by atoms with Crippen molar-refractivity contribution in [2.75, 3.05) is 16.2 Å². The lowest BCUT2D eigenvalue weighted by Gasteiger charge is -2.23. The molecule has 1 N–H and O–H groups in total. The maximum absolute atomic E-state index is 13.3. The van der Waals surface area contributed by atoms with E-state index in [0.29, 0.717) is 11.4 Å². The van der Waals surface area contributed by atoms with Crippen molar-refractivity contribution in [1.82, 2.24) is 0 Å². The summed E-state index contributed by atoms with van der Waals surface area (Å²) in [6.07, 6.45) is 0. The smallest absolute Gasteiger partial charge is 0.264 e. The quantitative estimate of drug-likeness (QED) is 0.553. The maximum Gasteiger partial charge on any atom is 0.264 e. The summed E-state index contributed by atoms with van der Waals surface area (Å²) >= 11 is 6.23. The molecule has 3 rings (SSSR count). The minimum atomic E-state index is -3.87. The van der Waals surface area contributed by atoms with Crippen LogP contribution in [0.2, 0.25) is 5.02 Å². The number of para-hydroxylation sites is 1. The summed E-state index contributed by atoms with van der Waals surface area (Å²) < 4.78 is 27.8. The van der Waals surface area contributed by atoms with Crippen LogP contribution in [0.4, 0.5) is 11.4 Å². The highest BCUT2D eigenvalue weighted by Crippen LogP contribution is 2.27. The number of anilines is 2. The van der Waals surface area contributed by atoms with Gasteiger partial charge in [-0.3, -0.25) is 9.10 Å². The van der Waals surface area contributed by atoms with E-state index in [0.717, 1.165) is 11.1 Å². The number of hydrogen-bond acceptors (Lipinski definition) is 3. The van der Waals surface area contributed by atoms with E-state index in [1.807, 2.05) is 38.1 Å². The van der Waals surface area contributed by atoms with Gasteiger partial charge in [-0.1, -0.05) is 47.5 Å². The third-order valence-electron chi connectivity index (χ3n) is 4.73. The van der Waals surface area contributed by atoms with Crippen LogP contribution in [0.5, 0.6) is 0 Å². The van der Waals surface area contributed by atoms with E-state index in [-0.39, 0.29) is 22.0 Å². The summed E-state index contributed by atoms with van der Waals surface area (Å²) in [5, 5.41) is 3.00. The molecular weight excluding hydrogens is 420 g/mol. The van der Waals surface area contributed by atoms with Crippen LogP contribution in [0.1, 0.15) is 28.4 Å². The van der Waals surface area contributed by atoms with Crippen molar-refractivity contribution in [2.24, 2.45) is 0 Å². The predicted molar refractivity (Wildman–Crippen MR) is 122 cm³/mol. The number of carbonyl (C=O) groups excluding carboxylic acids is 1. The number of amides is 1. The van der Waals surface area contributed by atoms with Gasteiger partial charge in [-0.15, -0.1) is 0 Å². The first-order valence-corrected chi connectivity index (χ1v) is 11.3. The van der Waals surface area contributed by atoms with E-state index in [9.17, 15) is 13.2 Å². The minimum absolute atomic E-state index is 0.00313. The van der Waals surface area contributed by atoms with Gasteiger partial charge in [-0.2, -0.15) is 0 Å². The number of nitrogens with zero attached hydrogens (tertiary/aromatic N) is 1. The van der Waals surface area contributed by atoms with Crippen molar-refractivity contribution < 1.29 is 13.2 Å². The van der Waals surface area contributed by atoms with Crippen molar-refractivity contribution in [3.05, 3.63) is 88.4 Å². The minimum Gasteiger partial charge on any atom is -0.322 e. The lowest BCUT2D eigenvalue weighted by Crippen LogP contribution is -2.31. The number of nitrogens with one attached hydrogen (secondary N) is 1. The largest absolute Gasteiger partial charge is 0.322 e. The monoisotopic (exact) mass is 442 g/mol. The number of carbonyl (C=O) groups is 1. The lowest BCUT2D eigenvalue weighted by molar-refractivity contribution is 0.102. The first-order valence-electron chi connectivity index (χ1n) is 9.50. The summed E-state index contributed by atoms with van der Waals surface area (Å²) in [5.41, 5.74) is 3.29. The van der Waals surface area contributed by atoms with Gasteiger partial charge < -0.3 is 5.32 Å². The average Bonchev–Trinajstić information content (AvgIpc) is 2.71. The molecule has 5 nitrogen and oxygen atoms in total. The fraction of sp³-hybridized carbons (Fsp3) is 0.174. The number of hydrogen-bond donors (Lipinski definition) is 1. The Balaban J connectivity index is 1.97.